The second-order valence-corrected chi connectivity index (χ2v) is 7.71. The minimum Gasteiger partial charge on any atom is -0.474 e. The summed E-state index contributed by atoms with van der Waals surface area (Å²) < 4.78 is 25.3. The third-order valence-electron chi connectivity index (χ3n) is 5.65. The van der Waals surface area contributed by atoms with Crippen molar-refractivity contribution in [1.82, 2.24) is 4.98 Å². The van der Waals surface area contributed by atoms with Crippen LogP contribution >= 0.6 is 0 Å². The third kappa shape index (κ3) is 4.69. The lowest BCUT2D eigenvalue weighted by Gasteiger charge is -2.31. The summed E-state index contributed by atoms with van der Waals surface area (Å²) in [6, 6.07) is 9.34. The number of carbonyl (C=O) groups is 1. The van der Waals surface area contributed by atoms with E-state index in [4.69, 9.17) is 9.47 Å². The van der Waals surface area contributed by atoms with Crippen LogP contribution in [0.4, 0.5) is 10.2 Å². The molecule has 0 N–H and O–H groups in total. The largest absolute Gasteiger partial charge is 0.474 e. The molecular weight excluding hydrogens is 371 g/mol. The Morgan fingerprint density at radius 2 is 2.10 bits per heavy atom. The second-order valence-electron chi connectivity index (χ2n) is 7.71. The molecule has 2 aliphatic rings. The van der Waals surface area contributed by atoms with Crippen molar-refractivity contribution < 1.29 is 18.7 Å². The number of esters is 1. The van der Waals surface area contributed by atoms with E-state index in [1.807, 2.05) is 17.9 Å². The highest BCUT2D eigenvalue weighted by atomic mass is 19.1. The average molecular weight is 398 g/mol. The molecule has 154 valence electrons. The van der Waals surface area contributed by atoms with Gasteiger partial charge in [0.15, 0.2) is 11.6 Å². The summed E-state index contributed by atoms with van der Waals surface area (Å²) in [6.07, 6.45) is 5.37. The molecule has 6 heteroatoms. The molecule has 0 radical (unpaired) electrons. The monoisotopic (exact) mass is 398 g/mol. The maximum absolute atomic E-state index is 14.5. The number of aryl methyl sites for hydroxylation is 1. The Bertz CT molecular complexity index is 882. The molecule has 0 spiro atoms. The predicted molar refractivity (Wildman–Crippen MR) is 109 cm³/mol. The topological polar surface area (TPSA) is 51.7 Å². The summed E-state index contributed by atoms with van der Waals surface area (Å²) in [5.74, 6) is 0.382. The van der Waals surface area contributed by atoms with Gasteiger partial charge in [0.25, 0.3) is 0 Å². The maximum Gasteiger partial charge on any atom is 0.306 e. The highest BCUT2D eigenvalue weighted by Crippen LogP contribution is 2.30. The van der Waals surface area contributed by atoms with Crippen LogP contribution in [0.2, 0.25) is 0 Å². The number of ether oxygens (including phenoxy) is 2. The molecule has 1 aromatic carbocycles. The quantitative estimate of drug-likeness (QED) is 0.654. The van der Waals surface area contributed by atoms with Crippen LogP contribution in [-0.2, 0) is 28.9 Å². The standard InChI is InChI=1S/C23H27FN2O3/c1-2-28-22(27)11-7-16-6-8-18-15-26(13-12-17(18)14-16)23-20(24)9-10-21(25-23)29-19-4-3-5-19/h6,8-10,14,19H,2-5,7,11-13,15H2,1H3. The van der Waals surface area contributed by atoms with Gasteiger partial charge in [-0.15, -0.1) is 0 Å². The van der Waals surface area contributed by atoms with Gasteiger partial charge in [-0.25, -0.2) is 4.39 Å². The molecule has 1 aromatic heterocycles. The number of rotatable bonds is 7. The lowest BCUT2D eigenvalue weighted by molar-refractivity contribution is -0.143. The molecular formula is C23H27FN2O3. The molecule has 2 heterocycles. The number of anilines is 1. The predicted octanol–water partition coefficient (Wildman–Crippen LogP) is 4.21. The summed E-state index contributed by atoms with van der Waals surface area (Å²) in [6.45, 7) is 3.54. The smallest absolute Gasteiger partial charge is 0.306 e. The molecule has 0 unspecified atom stereocenters. The summed E-state index contributed by atoms with van der Waals surface area (Å²) >= 11 is 0. The average Bonchev–Trinajstić information content (AvgIpc) is 2.70. The molecule has 0 saturated heterocycles. The van der Waals surface area contributed by atoms with Gasteiger partial charge in [-0.1, -0.05) is 18.2 Å². The van der Waals surface area contributed by atoms with Crippen LogP contribution in [0.1, 0.15) is 49.3 Å². The van der Waals surface area contributed by atoms with Crippen LogP contribution in [0.15, 0.2) is 30.3 Å². The fourth-order valence-electron chi connectivity index (χ4n) is 3.78. The minimum atomic E-state index is -0.319. The molecule has 4 rings (SSSR count). The minimum absolute atomic E-state index is 0.165. The summed E-state index contributed by atoms with van der Waals surface area (Å²) in [5, 5.41) is 0. The van der Waals surface area contributed by atoms with E-state index in [1.54, 1.807) is 6.07 Å². The molecule has 1 saturated carbocycles. The molecule has 1 fully saturated rings. The van der Waals surface area contributed by atoms with E-state index >= 15 is 0 Å². The van der Waals surface area contributed by atoms with E-state index in [0.717, 1.165) is 24.8 Å². The zero-order valence-corrected chi connectivity index (χ0v) is 16.8. The Hall–Kier alpha value is -2.63. The number of benzene rings is 1. The van der Waals surface area contributed by atoms with Crippen LogP contribution in [-0.4, -0.2) is 30.2 Å². The molecule has 29 heavy (non-hydrogen) atoms. The molecule has 0 bridgehead atoms. The number of nitrogens with zero attached hydrogens (tertiary/aromatic N) is 2. The van der Waals surface area contributed by atoms with E-state index in [9.17, 15) is 9.18 Å². The van der Waals surface area contributed by atoms with Gasteiger partial charge in [0.1, 0.15) is 6.10 Å². The molecule has 1 aliphatic carbocycles. The van der Waals surface area contributed by atoms with Gasteiger partial charge in [-0.2, -0.15) is 4.98 Å². The Morgan fingerprint density at radius 3 is 2.86 bits per heavy atom. The van der Waals surface area contributed by atoms with Crippen LogP contribution in [0.3, 0.4) is 0 Å². The Kier molecular flexibility index (Phi) is 5.97. The van der Waals surface area contributed by atoms with Crippen LogP contribution in [0, 0.1) is 5.82 Å². The van der Waals surface area contributed by atoms with Crippen molar-refractivity contribution in [3.8, 4) is 5.88 Å². The van der Waals surface area contributed by atoms with Crippen molar-refractivity contribution in [3.63, 3.8) is 0 Å². The zero-order valence-electron chi connectivity index (χ0n) is 16.8. The van der Waals surface area contributed by atoms with Gasteiger partial charge in [0.05, 0.1) is 6.61 Å². The Balaban J connectivity index is 1.43. The van der Waals surface area contributed by atoms with Crippen LogP contribution in [0.5, 0.6) is 5.88 Å². The van der Waals surface area contributed by atoms with E-state index in [1.165, 1.54) is 23.6 Å². The number of carbonyl (C=O) groups excluding carboxylic acids is 1. The number of halogens is 1. The lowest BCUT2D eigenvalue weighted by atomic mass is 9.95. The van der Waals surface area contributed by atoms with Gasteiger partial charge in [-0.05, 0) is 61.8 Å². The summed E-state index contributed by atoms with van der Waals surface area (Å²) in [7, 11) is 0. The maximum atomic E-state index is 14.5. The van der Waals surface area contributed by atoms with E-state index in [0.29, 0.717) is 44.2 Å². The normalized spacial score (nSPS) is 16.1. The van der Waals surface area contributed by atoms with Crippen molar-refractivity contribution in [2.24, 2.45) is 0 Å². The van der Waals surface area contributed by atoms with Crippen LogP contribution < -0.4 is 9.64 Å². The van der Waals surface area contributed by atoms with Crippen LogP contribution in [0.25, 0.3) is 0 Å². The van der Waals surface area contributed by atoms with Gasteiger partial charge < -0.3 is 14.4 Å². The Morgan fingerprint density at radius 1 is 1.24 bits per heavy atom. The van der Waals surface area contributed by atoms with Crippen molar-refractivity contribution in [1.29, 1.82) is 0 Å². The van der Waals surface area contributed by atoms with Gasteiger partial charge in [-0.3, -0.25) is 4.79 Å². The lowest BCUT2D eigenvalue weighted by Crippen LogP contribution is -2.32. The molecule has 5 nitrogen and oxygen atoms in total. The fourth-order valence-corrected chi connectivity index (χ4v) is 3.78. The number of aromatic nitrogens is 1. The van der Waals surface area contributed by atoms with E-state index < -0.39 is 0 Å². The molecule has 1 aliphatic heterocycles. The first kappa shape index (κ1) is 19.7. The first-order valence-corrected chi connectivity index (χ1v) is 10.5. The first-order valence-electron chi connectivity index (χ1n) is 10.5. The number of fused-ring (bicyclic) bond motifs is 1. The number of hydrogen-bond acceptors (Lipinski definition) is 5. The molecule has 0 amide bonds. The highest BCUT2D eigenvalue weighted by molar-refractivity contribution is 5.69. The summed E-state index contributed by atoms with van der Waals surface area (Å²) in [4.78, 5) is 18.0. The van der Waals surface area contributed by atoms with Gasteiger partial charge in [0, 0.05) is 25.6 Å². The fraction of sp³-hybridized carbons (Fsp3) is 0.478. The van der Waals surface area contributed by atoms with Gasteiger partial charge in [0.2, 0.25) is 5.88 Å². The number of pyridine rings is 1. The van der Waals surface area contributed by atoms with Gasteiger partial charge >= 0.3 is 5.97 Å². The van der Waals surface area contributed by atoms with Crippen molar-refractivity contribution in [2.75, 3.05) is 18.1 Å². The second kappa shape index (κ2) is 8.80. The number of hydrogen-bond donors (Lipinski definition) is 0. The highest BCUT2D eigenvalue weighted by Gasteiger charge is 2.23. The van der Waals surface area contributed by atoms with Crippen molar-refractivity contribution in [2.45, 2.75) is 58.1 Å². The SMILES string of the molecule is CCOC(=O)CCc1ccc2c(c1)CCN(c1nc(OC3CCC3)ccc1F)C2. The zero-order chi connectivity index (χ0) is 20.2. The molecule has 2 aromatic rings. The van der Waals surface area contributed by atoms with Crippen molar-refractivity contribution >= 4 is 11.8 Å². The van der Waals surface area contributed by atoms with Crippen molar-refractivity contribution in [3.05, 3.63) is 52.8 Å². The molecule has 0 atom stereocenters. The third-order valence-corrected chi connectivity index (χ3v) is 5.65. The van der Waals surface area contributed by atoms with E-state index in [-0.39, 0.29) is 17.9 Å². The van der Waals surface area contributed by atoms with E-state index in [2.05, 4.69) is 17.1 Å². The first-order chi connectivity index (χ1) is 14.1. The Labute approximate surface area is 170 Å². The summed E-state index contributed by atoms with van der Waals surface area (Å²) in [5.41, 5.74) is 3.55.